The van der Waals surface area contributed by atoms with Gasteiger partial charge < -0.3 is 15.1 Å². The molecule has 2 aliphatic rings. The highest BCUT2D eigenvalue weighted by molar-refractivity contribution is 14.0. The number of aliphatic imine (C=N–C) groups is 1. The van der Waals surface area contributed by atoms with Crippen LogP contribution >= 0.6 is 24.0 Å². The molecule has 4 rings (SSSR count). The summed E-state index contributed by atoms with van der Waals surface area (Å²) in [5, 5.41) is 3.38. The number of hydrogen-bond acceptors (Lipinski definition) is 4. The number of guanidine groups is 1. The van der Waals surface area contributed by atoms with E-state index < -0.39 is 10.0 Å². The largest absolute Gasteiger partial charge is 0.352 e. The Balaban J connectivity index is 0.00000272. The Bertz CT molecular complexity index is 1040. The number of benzene rings is 2. The van der Waals surface area contributed by atoms with Crippen LogP contribution in [0.3, 0.4) is 0 Å². The molecule has 168 valence electrons. The van der Waals surface area contributed by atoms with E-state index in [1.807, 2.05) is 25.2 Å². The fraction of sp³-hybridized carbons (Fsp3) is 0.409. The van der Waals surface area contributed by atoms with Gasteiger partial charge in [0, 0.05) is 52.0 Å². The number of fused-ring (bicyclic) bond motifs is 1. The second kappa shape index (κ2) is 10.3. The van der Waals surface area contributed by atoms with Crippen molar-refractivity contribution < 1.29 is 8.42 Å². The van der Waals surface area contributed by atoms with Crippen molar-refractivity contribution in [1.29, 1.82) is 0 Å². The molecule has 0 saturated carbocycles. The zero-order chi connectivity index (χ0) is 21.1. The van der Waals surface area contributed by atoms with Crippen molar-refractivity contribution >= 4 is 45.6 Å². The average molecular weight is 555 g/mol. The van der Waals surface area contributed by atoms with Gasteiger partial charge in [0.1, 0.15) is 0 Å². The second-order valence-corrected chi connectivity index (χ2v) is 9.65. The molecular weight excluding hydrogens is 525 g/mol. The van der Waals surface area contributed by atoms with Crippen molar-refractivity contribution in [1.82, 2.24) is 14.5 Å². The summed E-state index contributed by atoms with van der Waals surface area (Å²) in [7, 11) is 0.253. The number of sulfonamides is 1. The Morgan fingerprint density at radius 3 is 2.42 bits per heavy atom. The number of hydrogen-bond donors (Lipinski definition) is 1. The molecule has 0 amide bonds. The van der Waals surface area contributed by atoms with Crippen molar-refractivity contribution in [3.05, 3.63) is 59.7 Å². The molecule has 1 fully saturated rings. The first-order valence-electron chi connectivity index (χ1n) is 10.3. The number of halogens is 1. The van der Waals surface area contributed by atoms with Gasteiger partial charge in [0.15, 0.2) is 5.96 Å². The third kappa shape index (κ3) is 5.05. The summed E-state index contributed by atoms with van der Waals surface area (Å²) in [6.07, 6.45) is 0.977. The van der Waals surface area contributed by atoms with Crippen LogP contribution in [0.25, 0.3) is 0 Å². The monoisotopic (exact) mass is 555 g/mol. The van der Waals surface area contributed by atoms with Crippen LogP contribution in [0.1, 0.15) is 11.1 Å². The summed E-state index contributed by atoms with van der Waals surface area (Å²) in [4.78, 5) is 9.12. The lowest BCUT2D eigenvalue weighted by molar-refractivity contribution is 0.222. The second-order valence-electron chi connectivity index (χ2n) is 7.75. The summed E-state index contributed by atoms with van der Waals surface area (Å²) in [5.41, 5.74) is 3.22. The molecule has 0 unspecified atom stereocenters. The summed E-state index contributed by atoms with van der Waals surface area (Å²) in [6, 6.07) is 15.6. The summed E-state index contributed by atoms with van der Waals surface area (Å²) < 4.78 is 28.2. The number of likely N-dealkylation sites (N-methyl/N-ethyl adjacent to an activating group) is 1. The van der Waals surface area contributed by atoms with Gasteiger partial charge in [-0.15, -0.1) is 24.0 Å². The first-order chi connectivity index (χ1) is 14.5. The number of anilines is 1. The lowest BCUT2D eigenvalue weighted by Gasteiger charge is -2.32. The van der Waals surface area contributed by atoms with Crippen molar-refractivity contribution in [3.8, 4) is 0 Å². The minimum Gasteiger partial charge on any atom is -0.352 e. The molecule has 31 heavy (non-hydrogen) atoms. The maximum Gasteiger partial charge on any atom is 0.243 e. The maximum absolute atomic E-state index is 13.3. The highest BCUT2D eigenvalue weighted by Gasteiger charge is 2.29. The van der Waals surface area contributed by atoms with Gasteiger partial charge in [0.05, 0.1) is 4.90 Å². The van der Waals surface area contributed by atoms with Crippen molar-refractivity contribution in [2.45, 2.75) is 17.9 Å². The molecule has 2 aromatic rings. The molecule has 7 nitrogen and oxygen atoms in total. The lowest BCUT2D eigenvalue weighted by Crippen LogP contribution is -2.47. The van der Waals surface area contributed by atoms with Crippen molar-refractivity contribution in [2.75, 3.05) is 51.7 Å². The van der Waals surface area contributed by atoms with Crippen LogP contribution < -0.4 is 10.2 Å². The van der Waals surface area contributed by atoms with Crippen LogP contribution in [0.5, 0.6) is 0 Å². The van der Waals surface area contributed by atoms with Crippen LogP contribution in [0, 0.1) is 0 Å². The summed E-state index contributed by atoms with van der Waals surface area (Å²) in [5.74, 6) is 0.756. The van der Waals surface area contributed by atoms with Crippen LogP contribution in [-0.4, -0.2) is 70.4 Å². The van der Waals surface area contributed by atoms with Crippen LogP contribution in [0.2, 0.25) is 0 Å². The fourth-order valence-corrected chi connectivity index (χ4v) is 5.74. The molecule has 0 bridgehead atoms. The minimum absolute atomic E-state index is 0. The zero-order valence-corrected chi connectivity index (χ0v) is 21.1. The van der Waals surface area contributed by atoms with E-state index in [2.05, 4.69) is 38.3 Å². The molecule has 0 spiro atoms. The standard InChI is InChI=1S/C22H29N5O2S.HI/c1-23-22(27-12-11-18-7-3-5-9-20(18)27)24-17-19-8-4-6-10-21(19)30(28,29)26-15-13-25(2)14-16-26;/h3-10H,11-17H2,1-2H3,(H,23,24);1H. The predicted octanol–water partition coefficient (Wildman–Crippen LogP) is 2.38. The van der Waals surface area contributed by atoms with E-state index >= 15 is 0 Å². The highest BCUT2D eigenvalue weighted by atomic mass is 127. The molecule has 2 aromatic carbocycles. The van der Waals surface area contributed by atoms with E-state index in [4.69, 9.17) is 0 Å². The average Bonchev–Trinajstić information content (AvgIpc) is 3.19. The van der Waals surface area contributed by atoms with Gasteiger partial charge >= 0.3 is 0 Å². The Morgan fingerprint density at radius 2 is 1.68 bits per heavy atom. The Labute approximate surface area is 202 Å². The van der Waals surface area contributed by atoms with Gasteiger partial charge in [-0.3, -0.25) is 4.99 Å². The number of piperazine rings is 1. The van der Waals surface area contributed by atoms with E-state index in [-0.39, 0.29) is 24.0 Å². The smallest absolute Gasteiger partial charge is 0.243 e. The van der Waals surface area contributed by atoms with Gasteiger partial charge in [-0.2, -0.15) is 4.31 Å². The third-order valence-electron chi connectivity index (χ3n) is 5.84. The molecule has 0 atom stereocenters. The zero-order valence-electron chi connectivity index (χ0n) is 18.0. The molecule has 1 N–H and O–H groups in total. The SMILES string of the molecule is CN=C(NCc1ccccc1S(=O)(=O)N1CCN(C)CC1)N1CCc2ccccc21.I. The van der Waals surface area contributed by atoms with Crippen LogP contribution in [-0.2, 0) is 23.0 Å². The van der Waals surface area contributed by atoms with Gasteiger partial charge in [0.25, 0.3) is 0 Å². The van der Waals surface area contributed by atoms with Gasteiger partial charge in [-0.1, -0.05) is 36.4 Å². The van der Waals surface area contributed by atoms with Gasteiger partial charge in [-0.05, 0) is 36.7 Å². The highest BCUT2D eigenvalue weighted by Crippen LogP contribution is 2.27. The number of rotatable bonds is 4. The van der Waals surface area contributed by atoms with E-state index in [9.17, 15) is 8.42 Å². The summed E-state index contributed by atoms with van der Waals surface area (Å²) >= 11 is 0. The minimum atomic E-state index is -3.53. The maximum atomic E-state index is 13.3. The van der Waals surface area contributed by atoms with Gasteiger partial charge in [-0.25, -0.2) is 8.42 Å². The number of nitrogens with one attached hydrogen (secondary N) is 1. The third-order valence-corrected chi connectivity index (χ3v) is 7.84. The van der Waals surface area contributed by atoms with Crippen molar-refractivity contribution in [3.63, 3.8) is 0 Å². The van der Waals surface area contributed by atoms with Crippen LogP contribution in [0.15, 0.2) is 58.4 Å². The normalized spacial score (nSPS) is 17.9. The Kier molecular flexibility index (Phi) is 7.95. The Morgan fingerprint density at radius 1 is 1.00 bits per heavy atom. The first kappa shape index (κ1) is 24.0. The van der Waals surface area contributed by atoms with E-state index in [0.717, 1.165) is 43.3 Å². The number of para-hydroxylation sites is 1. The van der Waals surface area contributed by atoms with Crippen molar-refractivity contribution in [2.24, 2.45) is 4.99 Å². The molecule has 1 saturated heterocycles. The van der Waals surface area contributed by atoms with Crippen LogP contribution in [0.4, 0.5) is 5.69 Å². The topological polar surface area (TPSA) is 68.2 Å². The quantitative estimate of drug-likeness (QED) is 0.357. The predicted molar refractivity (Wildman–Crippen MR) is 136 cm³/mol. The molecular formula is C22H30IN5O2S. The first-order valence-corrected chi connectivity index (χ1v) is 11.8. The van der Waals surface area contributed by atoms with E-state index in [0.29, 0.717) is 24.5 Å². The fourth-order valence-electron chi connectivity index (χ4n) is 4.10. The molecule has 0 aromatic heterocycles. The summed E-state index contributed by atoms with van der Waals surface area (Å²) in [6.45, 7) is 3.80. The lowest BCUT2D eigenvalue weighted by atomic mass is 10.2. The Hall–Kier alpha value is -1.69. The van der Waals surface area contributed by atoms with E-state index in [1.54, 1.807) is 23.5 Å². The molecule has 2 heterocycles. The molecule has 9 heteroatoms. The molecule has 0 radical (unpaired) electrons. The molecule has 2 aliphatic heterocycles. The van der Waals surface area contributed by atoms with E-state index in [1.165, 1.54) is 5.56 Å². The number of nitrogens with zero attached hydrogens (tertiary/aromatic N) is 4. The molecule has 0 aliphatic carbocycles. The van der Waals surface area contributed by atoms with Gasteiger partial charge in [0.2, 0.25) is 10.0 Å².